The fraction of sp³-hybridized carbons (Fsp3) is 0.188. The first kappa shape index (κ1) is 14.8. The van der Waals surface area contributed by atoms with Gasteiger partial charge in [0.2, 0.25) is 0 Å². The van der Waals surface area contributed by atoms with Gasteiger partial charge in [0, 0.05) is 12.6 Å². The molecule has 0 fully saturated rings. The molecule has 3 heterocycles. The summed E-state index contributed by atoms with van der Waals surface area (Å²) in [5.41, 5.74) is 2.89. The van der Waals surface area contributed by atoms with Crippen molar-refractivity contribution in [2.24, 2.45) is 7.05 Å². The summed E-state index contributed by atoms with van der Waals surface area (Å²) in [6.07, 6.45) is 3.31. The summed E-state index contributed by atoms with van der Waals surface area (Å²) in [5.74, 6) is 1.73. The van der Waals surface area contributed by atoms with Gasteiger partial charge in [-0.2, -0.15) is 10.1 Å². The number of thioether (sulfide) groups is 1. The van der Waals surface area contributed by atoms with E-state index < -0.39 is 0 Å². The van der Waals surface area contributed by atoms with Gasteiger partial charge < -0.3 is 4.52 Å². The highest BCUT2D eigenvalue weighted by molar-refractivity contribution is 7.98. The minimum atomic E-state index is 0.531. The van der Waals surface area contributed by atoms with Crippen LogP contribution in [-0.4, -0.2) is 29.9 Å². The van der Waals surface area contributed by atoms with Crippen LogP contribution >= 0.6 is 11.8 Å². The van der Waals surface area contributed by atoms with E-state index in [2.05, 4.69) is 25.2 Å². The lowest BCUT2D eigenvalue weighted by atomic mass is 10.1. The van der Waals surface area contributed by atoms with Gasteiger partial charge in [0.1, 0.15) is 11.4 Å². The van der Waals surface area contributed by atoms with Crippen molar-refractivity contribution in [3.8, 4) is 11.5 Å². The van der Waals surface area contributed by atoms with E-state index in [1.165, 1.54) is 11.8 Å². The molecule has 0 saturated carbocycles. The van der Waals surface area contributed by atoms with Crippen molar-refractivity contribution in [3.05, 3.63) is 48.2 Å². The number of nitrogens with zero attached hydrogens (tertiary/aromatic N) is 6. The van der Waals surface area contributed by atoms with E-state index >= 15 is 0 Å². The monoisotopic (exact) mass is 338 g/mol. The summed E-state index contributed by atoms with van der Waals surface area (Å²) in [4.78, 5) is 13.0. The number of benzene rings is 1. The van der Waals surface area contributed by atoms with Crippen molar-refractivity contribution in [3.63, 3.8) is 0 Å². The molecule has 0 aliphatic heterocycles. The van der Waals surface area contributed by atoms with E-state index in [0.717, 1.165) is 27.2 Å². The Hall–Kier alpha value is -2.74. The molecule has 0 spiro atoms. The highest BCUT2D eigenvalue weighted by atomic mass is 32.2. The van der Waals surface area contributed by atoms with Crippen molar-refractivity contribution < 1.29 is 4.52 Å². The second-order valence-corrected chi connectivity index (χ2v) is 6.32. The Bertz CT molecular complexity index is 1010. The third-order valence-corrected chi connectivity index (χ3v) is 4.57. The van der Waals surface area contributed by atoms with E-state index in [-0.39, 0.29) is 0 Å². The maximum absolute atomic E-state index is 5.36. The maximum Gasteiger partial charge on any atom is 0.257 e. The third-order valence-electron chi connectivity index (χ3n) is 3.56. The Morgan fingerprint density at radius 2 is 2.17 bits per heavy atom. The van der Waals surface area contributed by atoms with E-state index in [4.69, 9.17) is 4.52 Å². The smallest absolute Gasteiger partial charge is 0.257 e. The van der Waals surface area contributed by atoms with Crippen LogP contribution in [0.25, 0.3) is 22.5 Å². The second-order valence-electron chi connectivity index (χ2n) is 5.36. The Kier molecular flexibility index (Phi) is 3.73. The van der Waals surface area contributed by atoms with Crippen molar-refractivity contribution in [1.29, 1.82) is 0 Å². The number of rotatable bonds is 4. The van der Waals surface area contributed by atoms with Gasteiger partial charge in [-0.25, -0.2) is 9.97 Å². The van der Waals surface area contributed by atoms with Crippen molar-refractivity contribution in [1.82, 2.24) is 29.9 Å². The molecule has 0 bridgehead atoms. The molecule has 3 aromatic heterocycles. The average Bonchev–Trinajstić information content (AvgIpc) is 3.21. The first-order valence-corrected chi connectivity index (χ1v) is 8.34. The minimum Gasteiger partial charge on any atom is -0.334 e. The molecule has 0 N–H and O–H groups in total. The molecule has 0 radical (unpaired) electrons. The Morgan fingerprint density at radius 3 is 3.04 bits per heavy atom. The minimum absolute atomic E-state index is 0.531. The normalized spacial score (nSPS) is 11.2. The van der Waals surface area contributed by atoms with Crippen LogP contribution in [0, 0.1) is 6.92 Å². The van der Waals surface area contributed by atoms with Gasteiger partial charge in [-0.3, -0.25) is 4.68 Å². The van der Waals surface area contributed by atoms with E-state index in [1.807, 2.05) is 38.2 Å². The quantitative estimate of drug-likeness (QED) is 0.418. The maximum atomic E-state index is 5.36. The fourth-order valence-electron chi connectivity index (χ4n) is 2.40. The highest BCUT2D eigenvalue weighted by Gasteiger charge is 2.12. The second kappa shape index (κ2) is 6.04. The predicted molar refractivity (Wildman–Crippen MR) is 90.3 cm³/mol. The molecular formula is C16H14N6OS. The molecule has 7 nitrogen and oxygen atoms in total. The molecule has 120 valence electrons. The molecular weight excluding hydrogens is 324 g/mol. The van der Waals surface area contributed by atoms with Crippen LogP contribution in [0.4, 0.5) is 0 Å². The SMILES string of the molecule is Cc1cccc(-c2nc(CSc3ncnc4c3cnn4C)no2)c1. The number of aryl methyl sites for hydroxylation is 2. The molecule has 1 aromatic carbocycles. The number of fused-ring (bicyclic) bond motifs is 1. The average molecular weight is 338 g/mol. The summed E-state index contributed by atoms with van der Waals surface area (Å²) >= 11 is 1.54. The topological polar surface area (TPSA) is 82.5 Å². The van der Waals surface area contributed by atoms with Gasteiger partial charge >= 0.3 is 0 Å². The molecule has 24 heavy (non-hydrogen) atoms. The van der Waals surface area contributed by atoms with Crippen LogP contribution in [0.5, 0.6) is 0 Å². The van der Waals surface area contributed by atoms with Crippen LogP contribution in [0.1, 0.15) is 11.4 Å². The Balaban J connectivity index is 1.54. The molecule has 0 unspecified atom stereocenters. The largest absolute Gasteiger partial charge is 0.334 e. The Morgan fingerprint density at radius 1 is 1.25 bits per heavy atom. The zero-order valence-electron chi connectivity index (χ0n) is 13.2. The molecule has 0 atom stereocenters. The number of hydrogen-bond donors (Lipinski definition) is 0. The summed E-state index contributed by atoms with van der Waals surface area (Å²) in [6.45, 7) is 2.03. The van der Waals surface area contributed by atoms with Gasteiger partial charge in [0.25, 0.3) is 5.89 Å². The zero-order chi connectivity index (χ0) is 16.5. The molecule has 0 saturated heterocycles. The van der Waals surface area contributed by atoms with Crippen molar-refractivity contribution >= 4 is 22.8 Å². The van der Waals surface area contributed by atoms with Crippen LogP contribution in [0.3, 0.4) is 0 Å². The lowest BCUT2D eigenvalue weighted by molar-refractivity contribution is 0.425. The van der Waals surface area contributed by atoms with E-state index in [9.17, 15) is 0 Å². The number of hydrogen-bond acceptors (Lipinski definition) is 7. The summed E-state index contributed by atoms with van der Waals surface area (Å²) < 4.78 is 7.09. The standard InChI is InChI=1S/C16H14N6OS/c1-10-4-3-5-11(6-10)15-20-13(21-23-15)8-24-16-12-7-19-22(2)14(12)17-9-18-16/h3-7,9H,8H2,1-2H3. The summed E-state index contributed by atoms with van der Waals surface area (Å²) in [5, 5.41) is 10.0. The fourth-order valence-corrected chi connectivity index (χ4v) is 3.20. The van der Waals surface area contributed by atoms with Crippen molar-refractivity contribution in [2.75, 3.05) is 0 Å². The first-order valence-electron chi connectivity index (χ1n) is 7.36. The van der Waals surface area contributed by atoms with Crippen LogP contribution in [-0.2, 0) is 12.8 Å². The highest BCUT2D eigenvalue weighted by Crippen LogP contribution is 2.27. The van der Waals surface area contributed by atoms with Crippen LogP contribution < -0.4 is 0 Å². The lowest BCUT2D eigenvalue weighted by Gasteiger charge is -1.99. The van der Waals surface area contributed by atoms with Gasteiger partial charge in [0.05, 0.1) is 17.3 Å². The zero-order valence-corrected chi connectivity index (χ0v) is 14.0. The molecule has 0 amide bonds. The lowest BCUT2D eigenvalue weighted by Crippen LogP contribution is -1.93. The first-order chi connectivity index (χ1) is 11.7. The summed E-state index contributed by atoms with van der Waals surface area (Å²) in [7, 11) is 1.86. The van der Waals surface area contributed by atoms with Gasteiger partial charge in [-0.05, 0) is 19.1 Å². The van der Waals surface area contributed by atoms with E-state index in [0.29, 0.717) is 17.5 Å². The third kappa shape index (κ3) is 2.76. The molecule has 4 aromatic rings. The van der Waals surface area contributed by atoms with Gasteiger partial charge in [-0.15, -0.1) is 0 Å². The Labute approximate surface area is 142 Å². The predicted octanol–water partition coefficient (Wildman–Crippen LogP) is 3.01. The number of aromatic nitrogens is 6. The van der Waals surface area contributed by atoms with Gasteiger partial charge in [-0.1, -0.05) is 34.6 Å². The molecule has 8 heteroatoms. The van der Waals surface area contributed by atoms with Crippen LogP contribution in [0.15, 0.2) is 46.3 Å². The molecule has 4 rings (SSSR count). The molecule has 0 aliphatic carbocycles. The summed E-state index contributed by atoms with van der Waals surface area (Å²) in [6, 6.07) is 7.99. The molecule has 0 aliphatic rings. The van der Waals surface area contributed by atoms with Crippen LogP contribution in [0.2, 0.25) is 0 Å². The van der Waals surface area contributed by atoms with Crippen molar-refractivity contribution in [2.45, 2.75) is 17.7 Å². The van der Waals surface area contributed by atoms with Gasteiger partial charge in [0.15, 0.2) is 11.5 Å². The van der Waals surface area contributed by atoms with E-state index in [1.54, 1.807) is 17.2 Å².